The van der Waals surface area contributed by atoms with E-state index >= 15 is 0 Å². The molecule has 0 aromatic heterocycles. The van der Waals surface area contributed by atoms with Crippen LogP contribution >= 0.6 is 0 Å². The van der Waals surface area contributed by atoms with Crippen LogP contribution in [0.25, 0.3) is 0 Å². The monoisotopic (exact) mass is 286 g/mol. The number of benzene rings is 1. The van der Waals surface area contributed by atoms with Gasteiger partial charge in [0.05, 0.1) is 0 Å². The molecule has 2 fully saturated rings. The van der Waals surface area contributed by atoms with E-state index in [4.69, 9.17) is 0 Å². The van der Waals surface area contributed by atoms with Crippen LogP contribution in [0.5, 0.6) is 0 Å². The molecule has 3 rings (SSSR count). The summed E-state index contributed by atoms with van der Waals surface area (Å²) in [6.07, 6.45) is 9.53. The van der Waals surface area contributed by atoms with Crippen molar-refractivity contribution in [3.8, 4) is 0 Å². The highest BCUT2D eigenvalue weighted by Crippen LogP contribution is 2.32. The molecule has 0 bridgehead atoms. The molecule has 21 heavy (non-hydrogen) atoms. The van der Waals surface area contributed by atoms with Crippen LogP contribution in [-0.4, -0.2) is 31.1 Å². The number of nitrogens with zero attached hydrogens (tertiary/aromatic N) is 1. The molecule has 1 aromatic rings. The maximum absolute atomic E-state index is 3.42. The molecule has 0 spiro atoms. The van der Waals surface area contributed by atoms with Gasteiger partial charge in [-0.3, -0.25) is 4.90 Å². The molecule has 0 unspecified atom stereocenters. The minimum absolute atomic E-state index is 0.750. The number of rotatable bonds is 4. The van der Waals surface area contributed by atoms with Crippen molar-refractivity contribution < 1.29 is 0 Å². The molecule has 116 valence electrons. The van der Waals surface area contributed by atoms with Gasteiger partial charge < -0.3 is 5.32 Å². The average molecular weight is 286 g/mol. The summed E-state index contributed by atoms with van der Waals surface area (Å²) in [7, 11) is 2.10. The lowest BCUT2D eigenvalue weighted by Gasteiger charge is -2.29. The molecular formula is C19H30N2. The minimum Gasteiger partial charge on any atom is -0.317 e. The highest BCUT2D eigenvalue weighted by molar-refractivity contribution is 5.26. The second-order valence-corrected chi connectivity index (χ2v) is 6.92. The van der Waals surface area contributed by atoms with Crippen molar-refractivity contribution in [2.24, 2.45) is 0 Å². The molecule has 2 heteroatoms. The highest BCUT2D eigenvalue weighted by atomic mass is 15.1. The van der Waals surface area contributed by atoms with Gasteiger partial charge in [-0.1, -0.05) is 30.7 Å². The van der Waals surface area contributed by atoms with Gasteiger partial charge in [0.25, 0.3) is 0 Å². The van der Waals surface area contributed by atoms with Gasteiger partial charge in [-0.2, -0.15) is 0 Å². The third-order valence-electron chi connectivity index (χ3n) is 5.44. The molecule has 1 saturated carbocycles. The first-order chi connectivity index (χ1) is 10.3. The lowest BCUT2D eigenvalue weighted by molar-refractivity contribution is 0.221. The fraction of sp³-hybridized carbons (Fsp3) is 0.684. The van der Waals surface area contributed by atoms with E-state index in [0.717, 1.165) is 18.5 Å². The Labute approximate surface area is 129 Å². The first-order valence-electron chi connectivity index (χ1n) is 8.83. The number of nitrogens with one attached hydrogen (secondary N) is 1. The lowest BCUT2D eigenvalue weighted by atomic mass is 9.81. The zero-order valence-corrected chi connectivity index (χ0v) is 13.5. The molecule has 2 nitrogen and oxygen atoms in total. The van der Waals surface area contributed by atoms with Gasteiger partial charge in [0, 0.05) is 12.6 Å². The Morgan fingerprint density at radius 2 is 1.62 bits per heavy atom. The van der Waals surface area contributed by atoms with Gasteiger partial charge in [-0.05, 0) is 75.7 Å². The average Bonchev–Trinajstić information content (AvgIpc) is 2.57. The van der Waals surface area contributed by atoms with Crippen LogP contribution in [0.3, 0.4) is 0 Å². The first-order valence-corrected chi connectivity index (χ1v) is 8.83. The molecule has 0 amide bonds. The molecule has 1 heterocycles. The predicted octanol–water partition coefficient (Wildman–Crippen LogP) is 3.92. The normalized spacial score (nSPS) is 27.7. The van der Waals surface area contributed by atoms with Crippen molar-refractivity contribution in [3.63, 3.8) is 0 Å². The predicted molar refractivity (Wildman–Crippen MR) is 89.6 cm³/mol. The standard InChI is InChI=1S/C19H30N2/c1-20-19-11-9-18(10-12-19)17-7-5-16(6-8-17)15-21-13-3-2-4-14-21/h5-8,18-20H,2-4,9-15H2,1H3/t18-,19-. The molecule has 0 radical (unpaired) electrons. The van der Waals surface area contributed by atoms with Crippen molar-refractivity contribution in [2.75, 3.05) is 20.1 Å². The van der Waals surface area contributed by atoms with E-state index in [9.17, 15) is 0 Å². The van der Waals surface area contributed by atoms with Crippen LogP contribution in [0.1, 0.15) is 62.0 Å². The summed E-state index contributed by atoms with van der Waals surface area (Å²) >= 11 is 0. The Kier molecular flexibility index (Phi) is 5.32. The van der Waals surface area contributed by atoms with Crippen LogP contribution in [-0.2, 0) is 6.54 Å². The van der Waals surface area contributed by atoms with Crippen LogP contribution in [0.15, 0.2) is 24.3 Å². The van der Waals surface area contributed by atoms with Crippen molar-refractivity contribution in [1.82, 2.24) is 10.2 Å². The summed E-state index contributed by atoms with van der Waals surface area (Å²) in [5.74, 6) is 0.790. The molecule has 1 N–H and O–H groups in total. The lowest BCUT2D eigenvalue weighted by Crippen LogP contribution is -2.29. The van der Waals surface area contributed by atoms with Gasteiger partial charge in [0.2, 0.25) is 0 Å². The zero-order chi connectivity index (χ0) is 14.5. The topological polar surface area (TPSA) is 15.3 Å². The summed E-state index contributed by atoms with van der Waals surface area (Å²) in [5.41, 5.74) is 3.05. The van der Waals surface area contributed by atoms with E-state index in [2.05, 4.69) is 41.5 Å². The van der Waals surface area contributed by atoms with Gasteiger partial charge in [0.15, 0.2) is 0 Å². The number of hydrogen-bond acceptors (Lipinski definition) is 2. The van der Waals surface area contributed by atoms with Gasteiger partial charge in [-0.25, -0.2) is 0 Å². The summed E-state index contributed by atoms with van der Waals surface area (Å²) in [6, 6.07) is 10.3. The molecule has 1 aliphatic carbocycles. The minimum atomic E-state index is 0.750. The first kappa shape index (κ1) is 15.1. The Morgan fingerprint density at radius 1 is 0.952 bits per heavy atom. The fourth-order valence-electron chi connectivity index (χ4n) is 3.99. The number of piperidine rings is 1. The van der Waals surface area contributed by atoms with E-state index < -0.39 is 0 Å². The van der Waals surface area contributed by atoms with Crippen LogP contribution in [0.4, 0.5) is 0 Å². The van der Waals surface area contributed by atoms with Crippen molar-refractivity contribution in [3.05, 3.63) is 35.4 Å². The largest absolute Gasteiger partial charge is 0.317 e. The second kappa shape index (κ2) is 7.42. The maximum atomic E-state index is 3.42. The van der Waals surface area contributed by atoms with E-state index in [-0.39, 0.29) is 0 Å². The number of likely N-dealkylation sites (tertiary alicyclic amines) is 1. The quantitative estimate of drug-likeness (QED) is 0.902. The second-order valence-electron chi connectivity index (χ2n) is 6.92. The Morgan fingerprint density at radius 3 is 2.24 bits per heavy atom. The van der Waals surface area contributed by atoms with E-state index in [1.165, 1.54) is 63.6 Å². The molecular weight excluding hydrogens is 256 g/mol. The molecule has 1 saturated heterocycles. The Bertz CT molecular complexity index is 412. The van der Waals surface area contributed by atoms with Crippen molar-refractivity contribution >= 4 is 0 Å². The summed E-state index contributed by atoms with van der Waals surface area (Å²) in [6.45, 7) is 3.72. The molecule has 2 aliphatic rings. The molecule has 1 aromatic carbocycles. The summed E-state index contributed by atoms with van der Waals surface area (Å²) in [4.78, 5) is 2.61. The Balaban J connectivity index is 1.54. The van der Waals surface area contributed by atoms with Crippen molar-refractivity contribution in [2.45, 2.75) is 63.5 Å². The molecule has 0 atom stereocenters. The third-order valence-corrected chi connectivity index (χ3v) is 5.44. The fourth-order valence-corrected chi connectivity index (χ4v) is 3.99. The summed E-state index contributed by atoms with van der Waals surface area (Å²) < 4.78 is 0. The SMILES string of the molecule is CN[C@H]1CC[C@H](c2ccc(CN3CCCCC3)cc2)CC1. The van der Waals surface area contributed by atoms with Crippen LogP contribution in [0.2, 0.25) is 0 Å². The third kappa shape index (κ3) is 4.08. The van der Waals surface area contributed by atoms with Crippen molar-refractivity contribution in [1.29, 1.82) is 0 Å². The number of hydrogen-bond donors (Lipinski definition) is 1. The van der Waals surface area contributed by atoms with E-state index in [0.29, 0.717) is 0 Å². The molecule has 1 aliphatic heterocycles. The highest BCUT2D eigenvalue weighted by Gasteiger charge is 2.21. The summed E-state index contributed by atoms with van der Waals surface area (Å²) in [5, 5.41) is 3.42. The van der Waals surface area contributed by atoms with Gasteiger partial charge in [0.1, 0.15) is 0 Å². The van der Waals surface area contributed by atoms with Gasteiger partial charge >= 0.3 is 0 Å². The maximum Gasteiger partial charge on any atom is 0.0233 e. The van der Waals surface area contributed by atoms with Gasteiger partial charge in [-0.15, -0.1) is 0 Å². The van der Waals surface area contributed by atoms with Crippen LogP contribution in [0, 0.1) is 0 Å². The van der Waals surface area contributed by atoms with E-state index in [1.807, 2.05) is 0 Å². The zero-order valence-electron chi connectivity index (χ0n) is 13.5. The van der Waals surface area contributed by atoms with Crippen LogP contribution < -0.4 is 5.32 Å². The smallest absolute Gasteiger partial charge is 0.0233 e. The van der Waals surface area contributed by atoms with E-state index in [1.54, 1.807) is 5.56 Å². The Hall–Kier alpha value is -0.860.